The summed E-state index contributed by atoms with van der Waals surface area (Å²) >= 11 is 1.68. The van der Waals surface area contributed by atoms with Crippen LogP contribution in [0, 0.1) is 12.8 Å². The zero-order valence-corrected chi connectivity index (χ0v) is 17.1. The lowest BCUT2D eigenvalue weighted by molar-refractivity contribution is -0.122. The Morgan fingerprint density at radius 1 is 1.29 bits per heavy atom. The number of hydrogen-bond acceptors (Lipinski definition) is 4. The van der Waals surface area contributed by atoms with Gasteiger partial charge in [-0.15, -0.1) is 11.3 Å². The summed E-state index contributed by atoms with van der Waals surface area (Å²) in [7, 11) is 0. The summed E-state index contributed by atoms with van der Waals surface area (Å²) in [6, 6.07) is 7.82. The van der Waals surface area contributed by atoms with Gasteiger partial charge < -0.3 is 10.2 Å². The second-order valence-electron chi connectivity index (χ2n) is 7.95. The summed E-state index contributed by atoms with van der Waals surface area (Å²) in [5.74, 6) is 0.869. The van der Waals surface area contributed by atoms with E-state index >= 15 is 0 Å². The molecule has 6 heteroatoms. The first kappa shape index (κ1) is 19.1. The van der Waals surface area contributed by atoms with E-state index in [2.05, 4.69) is 10.7 Å². The van der Waals surface area contributed by atoms with Gasteiger partial charge in [0.05, 0.1) is 10.7 Å². The number of rotatable bonds is 6. The number of aryl methyl sites for hydroxylation is 1. The van der Waals surface area contributed by atoms with Crippen LogP contribution in [0.25, 0.3) is 0 Å². The Morgan fingerprint density at radius 3 is 2.93 bits per heavy atom. The monoisotopic (exact) mass is 397 g/mol. The summed E-state index contributed by atoms with van der Waals surface area (Å²) in [5, 5.41) is 6.21. The molecule has 2 fully saturated rings. The number of carbonyl (C=O) groups is 2. The van der Waals surface area contributed by atoms with E-state index in [-0.39, 0.29) is 17.7 Å². The highest BCUT2D eigenvalue weighted by Crippen LogP contribution is 2.30. The van der Waals surface area contributed by atoms with Crippen LogP contribution < -0.4 is 5.32 Å². The Bertz CT molecular complexity index is 859. The summed E-state index contributed by atoms with van der Waals surface area (Å²) in [4.78, 5) is 31.4. The molecule has 1 N–H and O–H groups in total. The number of carbonyl (C=O) groups excluding carboxylic acids is 2. The Morgan fingerprint density at radius 2 is 2.14 bits per heavy atom. The third-order valence-electron chi connectivity index (χ3n) is 5.52. The molecule has 1 saturated heterocycles. The average molecular weight is 398 g/mol. The molecule has 1 aromatic heterocycles. The van der Waals surface area contributed by atoms with Gasteiger partial charge in [-0.25, -0.2) is 4.98 Å². The third kappa shape index (κ3) is 4.61. The van der Waals surface area contributed by atoms with Gasteiger partial charge in [0.1, 0.15) is 0 Å². The van der Waals surface area contributed by atoms with Crippen LogP contribution >= 0.6 is 11.3 Å². The van der Waals surface area contributed by atoms with Crippen molar-refractivity contribution in [3.05, 3.63) is 51.5 Å². The van der Waals surface area contributed by atoms with Crippen LogP contribution in [0.3, 0.4) is 0 Å². The van der Waals surface area contributed by atoms with Crippen molar-refractivity contribution in [2.24, 2.45) is 5.92 Å². The van der Waals surface area contributed by atoms with Crippen molar-refractivity contribution in [2.75, 3.05) is 19.6 Å². The smallest absolute Gasteiger partial charge is 0.253 e. The number of nitrogens with zero attached hydrogens (tertiary/aromatic N) is 2. The molecule has 2 aromatic rings. The maximum absolute atomic E-state index is 12.9. The van der Waals surface area contributed by atoms with Crippen LogP contribution in [-0.2, 0) is 11.2 Å². The van der Waals surface area contributed by atoms with Crippen molar-refractivity contribution in [1.29, 1.82) is 0 Å². The number of hydrogen-bond donors (Lipinski definition) is 1. The van der Waals surface area contributed by atoms with Gasteiger partial charge in [-0.05, 0) is 44.7 Å². The highest BCUT2D eigenvalue weighted by molar-refractivity contribution is 7.09. The second kappa shape index (κ2) is 8.43. The fraction of sp³-hybridized carbons (Fsp3) is 0.500. The van der Waals surface area contributed by atoms with E-state index in [9.17, 15) is 9.59 Å². The van der Waals surface area contributed by atoms with Gasteiger partial charge in [-0.2, -0.15) is 0 Å². The highest BCUT2D eigenvalue weighted by atomic mass is 32.1. The molecule has 1 aliphatic carbocycles. The van der Waals surface area contributed by atoms with Crippen molar-refractivity contribution in [1.82, 2.24) is 15.2 Å². The fourth-order valence-corrected chi connectivity index (χ4v) is 4.73. The predicted octanol–water partition coefficient (Wildman–Crippen LogP) is 3.54. The first-order valence-electron chi connectivity index (χ1n) is 10.2. The van der Waals surface area contributed by atoms with E-state index in [4.69, 9.17) is 4.98 Å². The number of benzene rings is 1. The molecule has 1 saturated carbocycles. The number of aromatic nitrogens is 1. The van der Waals surface area contributed by atoms with Gasteiger partial charge in [0.25, 0.3) is 5.91 Å². The molecule has 0 radical (unpaired) electrons. The molecule has 1 aliphatic heterocycles. The van der Waals surface area contributed by atoms with Crippen LogP contribution in [-0.4, -0.2) is 41.3 Å². The van der Waals surface area contributed by atoms with Crippen LogP contribution in [0.5, 0.6) is 0 Å². The lowest BCUT2D eigenvalue weighted by atomic mass is 9.97. The molecule has 2 heterocycles. The number of nitrogens with one attached hydrogen (secondary N) is 1. The van der Waals surface area contributed by atoms with E-state index < -0.39 is 0 Å². The standard InChI is InChI=1S/C22H27N3O2S/c1-15-4-2-5-17(12-15)22(27)25-11-3-6-18(13-25)21-24-19(14-28-21)9-10-23-20(26)16-7-8-16/h2,4-5,12,14,16,18H,3,6-11,13H2,1H3,(H,23,26)/t18-/m0/s1. The van der Waals surface area contributed by atoms with Gasteiger partial charge in [0.2, 0.25) is 5.91 Å². The fourth-order valence-electron chi connectivity index (χ4n) is 3.75. The van der Waals surface area contributed by atoms with E-state index in [0.717, 1.165) is 67.0 Å². The predicted molar refractivity (Wildman–Crippen MR) is 111 cm³/mol. The lowest BCUT2D eigenvalue weighted by Crippen LogP contribution is -2.39. The summed E-state index contributed by atoms with van der Waals surface area (Å²) in [6.07, 6.45) is 4.92. The molecule has 4 rings (SSSR count). The minimum Gasteiger partial charge on any atom is -0.355 e. The topological polar surface area (TPSA) is 62.3 Å². The van der Waals surface area contributed by atoms with E-state index in [1.165, 1.54) is 0 Å². The highest BCUT2D eigenvalue weighted by Gasteiger charge is 2.29. The van der Waals surface area contributed by atoms with Crippen LogP contribution in [0.2, 0.25) is 0 Å². The quantitative estimate of drug-likeness (QED) is 0.811. The molecule has 0 unspecified atom stereocenters. The largest absolute Gasteiger partial charge is 0.355 e. The first-order chi connectivity index (χ1) is 13.6. The normalized spacial score (nSPS) is 19.5. The van der Waals surface area contributed by atoms with Crippen molar-refractivity contribution in [3.63, 3.8) is 0 Å². The molecule has 1 atom stereocenters. The van der Waals surface area contributed by atoms with Crippen LogP contribution in [0.4, 0.5) is 0 Å². The number of piperidine rings is 1. The zero-order chi connectivity index (χ0) is 19.5. The SMILES string of the molecule is Cc1cccc(C(=O)N2CCC[C@H](c3nc(CCNC(=O)C4CC4)cs3)C2)c1. The minimum atomic E-state index is 0.118. The van der Waals surface area contributed by atoms with Gasteiger partial charge in [-0.3, -0.25) is 9.59 Å². The molecule has 28 heavy (non-hydrogen) atoms. The second-order valence-corrected chi connectivity index (χ2v) is 8.84. The Balaban J connectivity index is 1.33. The molecule has 148 valence electrons. The molecule has 0 bridgehead atoms. The molecule has 0 spiro atoms. The van der Waals surface area contributed by atoms with Crippen molar-refractivity contribution < 1.29 is 9.59 Å². The Hall–Kier alpha value is -2.21. The minimum absolute atomic E-state index is 0.118. The summed E-state index contributed by atoms with van der Waals surface area (Å²) < 4.78 is 0. The lowest BCUT2D eigenvalue weighted by Gasteiger charge is -2.32. The van der Waals surface area contributed by atoms with Gasteiger partial charge >= 0.3 is 0 Å². The van der Waals surface area contributed by atoms with Crippen molar-refractivity contribution >= 4 is 23.2 Å². The van der Waals surface area contributed by atoms with Gasteiger partial charge in [0.15, 0.2) is 0 Å². The molecule has 5 nitrogen and oxygen atoms in total. The van der Waals surface area contributed by atoms with E-state index in [1.807, 2.05) is 36.1 Å². The number of amides is 2. The Labute approximate surface area is 170 Å². The Kier molecular flexibility index (Phi) is 5.76. The molecule has 2 aliphatic rings. The third-order valence-corrected chi connectivity index (χ3v) is 6.58. The van der Waals surface area contributed by atoms with Gasteiger partial charge in [-0.1, -0.05) is 17.7 Å². The van der Waals surface area contributed by atoms with Crippen LogP contribution in [0.1, 0.15) is 58.2 Å². The van der Waals surface area contributed by atoms with E-state index in [1.54, 1.807) is 11.3 Å². The number of thiazole rings is 1. The molecule has 1 aromatic carbocycles. The number of likely N-dealkylation sites (tertiary alicyclic amines) is 1. The zero-order valence-electron chi connectivity index (χ0n) is 16.3. The van der Waals surface area contributed by atoms with Crippen LogP contribution in [0.15, 0.2) is 29.6 Å². The summed E-state index contributed by atoms with van der Waals surface area (Å²) in [6.45, 7) is 4.22. The summed E-state index contributed by atoms with van der Waals surface area (Å²) in [5.41, 5.74) is 2.92. The average Bonchev–Trinajstić information content (AvgIpc) is 3.46. The van der Waals surface area contributed by atoms with Crippen molar-refractivity contribution in [3.8, 4) is 0 Å². The van der Waals surface area contributed by atoms with Crippen molar-refractivity contribution in [2.45, 2.75) is 44.9 Å². The maximum Gasteiger partial charge on any atom is 0.253 e. The first-order valence-corrected chi connectivity index (χ1v) is 11.1. The van der Waals surface area contributed by atoms with Gasteiger partial charge in [0, 0.05) is 48.8 Å². The maximum atomic E-state index is 12.9. The van der Waals surface area contributed by atoms with E-state index in [0.29, 0.717) is 12.5 Å². The molecule has 2 amide bonds. The molecular formula is C22H27N3O2S. The molecular weight excluding hydrogens is 370 g/mol.